The highest BCUT2D eigenvalue weighted by atomic mass is 16.3. The molecule has 0 fully saturated rings. The third kappa shape index (κ3) is 3.51. The molecule has 0 bridgehead atoms. The first-order valence-electron chi connectivity index (χ1n) is 5.54. The highest BCUT2D eigenvalue weighted by molar-refractivity contribution is 5.13. The summed E-state index contributed by atoms with van der Waals surface area (Å²) in [5.74, 6) is 0. The van der Waals surface area contributed by atoms with Gasteiger partial charge in [0.15, 0.2) is 0 Å². The maximum Gasteiger partial charge on any atom is 0.0718 e. The van der Waals surface area contributed by atoms with Crippen molar-refractivity contribution >= 4 is 0 Å². The average Bonchev–Trinajstić information content (AvgIpc) is 2.41. The monoisotopic (exact) mass is 182 g/mol. The van der Waals surface area contributed by atoms with Gasteiger partial charge in [-0.1, -0.05) is 44.3 Å². The number of unbranched alkanes of at least 4 members (excludes halogenated alkanes) is 3. The topological polar surface area (TPSA) is 20.2 Å². The normalized spacial score (nSPS) is 27.8. The number of hydrogen-bond donors (Lipinski definition) is 1. The summed E-state index contributed by atoms with van der Waals surface area (Å²) in [5.41, 5.74) is 0.982. The van der Waals surface area contributed by atoms with Gasteiger partial charge in [-0.15, -0.1) is 0 Å². The molecule has 0 aromatic rings. The van der Waals surface area contributed by atoms with Gasteiger partial charge in [-0.05, 0) is 26.2 Å². The molecular formula is C12H22O. The van der Waals surface area contributed by atoms with Crippen LogP contribution in [0.25, 0.3) is 0 Å². The van der Waals surface area contributed by atoms with Crippen LogP contribution in [0, 0.1) is 0 Å². The van der Waals surface area contributed by atoms with Crippen molar-refractivity contribution in [1.29, 1.82) is 0 Å². The van der Waals surface area contributed by atoms with E-state index in [0.29, 0.717) is 0 Å². The van der Waals surface area contributed by atoms with E-state index < -0.39 is 0 Å². The Kier molecular flexibility index (Phi) is 3.98. The van der Waals surface area contributed by atoms with Gasteiger partial charge >= 0.3 is 0 Å². The van der Waals surface area contributed by atoms with E-state index in [9.17, 15) is 5.11 Å². The smallest absolute Gasteiger partial charge is 0.0718 e. The fourth-order valence-corrected chi connectivity index (χ4v) is 2.10. The second kappa shape index (κ2) is 4.80. The molecule has 0 spiro atoms. The highest BCUT2D eigenvalue weighted by Crippen LogP contribution is 2.33. The van der Waals surface area contributed by atoms with E-state index in [1.165, 1.54) is 31.3 Å². The zero-order valence-corrected chi connectivity index (χ0v) is 8.97. The molecular weight excluding hydrogens is 160 g/mol. The van der Waals surface area contributed by atoms with Gasteiger partial charge in [0.1, 0.15) is 0 Å². The Hall–Kier alpha value is -0.300. The van der Waals surface area contributed by atoms with E-state index in [0.717, 1.165) is 19.3 Å². The van der Waals surface area contributed by atoms with Crippen molar-refractivity contribution < 1.29 is 5.11 Å². The molecule has 0 aliphatic heterocycles. The second-order valence-electron chi connectivity index (χ2n) is 4.47. The lowest BCUT2D eigenvalue weighted by atomic mass is 9.92. The molecule has 0 aromatic carbocycles. The lowest BCUT2D eigenvalue weighted by Gasteiger charge is -2.22. The molecule has 0 radical (unpaired) electrons. The zero-order chi connectivity index (χ0) is 9.73. The van der Waals surface area contributed by atoms with E-state index >= 15 is 0 Å². The Balaban J connectivity index is 2.14. The molecule has 1 aliphatic carbocycles. The van der Waals surface area contributed by atoms with Crippen molar-refractivity contribution in [3.05, 3.63) is 11.6 Å². The third-order valence-corrected chi connectivity index (χ3v) is 2.93. The minimum Gasteiger partial charge on any atom is -0.389 e. The lowest BCUT2D eigenvalue weighted by Crippen LogP contribution is -2.24. The van der Waals surface area contributed by atoms with Gasteiger partial charge in [-0.2, -0.15) is 0 Å². The summed E-state index contributed by atoms with van der Waals surface area (Å²) in [6.07, 6.45) is 9.99. The highest BCUT2D eigenvalue weighted by Gasteiger charge is 2.29. The van der Waals surface area contributed by atoms with Crippen LogP contribution in [0.2, 0.25) is 0 Å². The van der Waals surface area contributed by atoms with Crippen molar-refractivity contribution in [3.63, 3.8) is 0 Å². The summed E-state index contributed by atoms with van der Waals surface area (Å²) in [6, 6.07) is 0. The molecule has 1 N–H and O–H groups in total. The molecule has 1 aliphatic rings. The van der Waals surface area contributed by atoms with E-state index in [4.69, 9.17) is 0 Å². The predicted octanol–water partition coefficient (Wildman–Crippen LogP) is 3.43. The van der Waals surface area contributed by atoms with Crippen LogP contribution in [0.15, 0.2) is 11.6 Å². The van der Waals surface area contributed by atoms with Crippen molar-refractivity contribution in [2.24, 2.45) is 0 Å². The number of aliphatic hydroxyl groups is 1. The van der Waals surface area contributed by atoms with Crippen molar-refractivity contribution in [3.8, 4) is 0 Å². The summed E-state index contributed by atoms with van der Waals surface area (Å²) < 4.78 is 0. The largest absolute Gasteiger partial charge is 0.389 e. The van der Waals surface area contributed by atoms with Crippen molar-refractivity contribution in [1.82, 2.24) is 0 Å². The quantitative estimate of drug-likeness (QED) is 0.510. The SMILES string of the molecule is CCCCCCC1(O)CC=C(C)C1. The van der Waals surface area contributed by atoms with Crippen LogP contribution >= 0.6 is 0 Å². The van der Waals surface area contributed by atoms with Crippen LogP contribution in [-0.4, -0.2) is 10.7 Å². The molecule has 76 valence electrons. The maximum absolute atomic E-state index is 10.1. The van der Waals surface area contributed by atoms with Gasteiger partial charge in [0, 0.05) is 0 Å². The van der Waals surface area contributed by atoms with Gasteiger partial charge < -0.3 is 5.11 Å². The molecule has 1 nitrogen and oxygen atoms in total. The van der Waals surface area contributed by atoms with Gasteiger partial charge in [0.25, 0.3) is 0 Å². The number of rotatable bonds is 5. The van der Waals surface area contributed by atoms with Crippen LogP contribution in [0.4, 0.5) is 0 Å². The van der Waals surface area contributed by atoms with Gasteiger partial charge in [-0.3, -0.25) is 0 Å². The molecule has 1 heteroatoms. The molecule has 0 saturated heterocycles. The summed E-state index contributed by atoms with van der Waals surface area (Å²) >= 11 is 0. The van der Waals surface area contributed by atoms with Crippen LogP contribution < -0.4 is 0 Å². The Morgan fingerprint density at radius 2 is 2.15 bits per heavy atom. The molecule has 13 heavy (non-hydrogen) atoms. The molecule has 1 unspecified atom stereocenters. The van der Waals surface area contributed by atoms with E-state index in [-0.39, 0.29) is 5.60 Å². The van der Waals surface area contributed by atoms with Crippen LogP contribution in [0.1, 0.15) is 58.8 Å². The average molecular weight is 182 g/mol. The zero-order valence-electron chi connectivity index (χ0n) is 8.97. The lowest BCUT2D eigenvalue weighted by molar-refractivity contribution is 0.0406. The molecule has 0 heterocycles. The summed E-state index contributed by atoms with van der Waals surface area (Å²) in [5, 5.41) is 10.1. The van der Waals surface area contributed by atoms with Gasteiger partial charge in [0.2, 0.25) is 0 Å². The molecule has 0 amide bonds. The molecule has 0 saturated carbocycles. The van der Waals surface area contributed by atoms with E-state index in [1.54, 1.807) is 0 Å². The Morgan fingerprint density at radius 3 is 2.69 bits per heavy atom. The summed E-state index contributed by atoms with van der Waals surface area (Å²) in [7, 11) is 0. The fraction of sp³-hybridized carbons (Fsp3) is 0.833. The summed E-state index contributed by atoms with van der Waals surface area (Å²) in [4.78, 5) is 0. The third-order valence-electron chi connectivity index (χ3n) is 2.93. The fourth-order valence-electron chi connectivity index (χ4n) is 2.10. The van der Waals surface area contributed by atoms with Crippen LogP contribution in [-0.2, 0) is 0 Å². The van der Waals surface area contributed by atoms with Gasteiger partial charge in [-0.25, -0.2) is 0 Å². The van der Waals surface area contributed by atoms with E-state index in [1.807, 2.05) is 0 Å². The minimum atomic E-state index is -0.377. The Morgan fingerprint density at radius 1 is 1.38 bits per heavy atom. The molecule has 0 aromatic heterocycles. The number of hydrogen-bond acceptors (Lipinski definition) is 1. The Bertz CT molecular complexity index is 184. The van der Waals surface area contributed by atoms with Crippen molar-refractivity contribution in [2.45, 2.75) is 64.4 Å². The summed E-state index contributed by atoms with van der Waals surface area (Å²) in [6.45, 7) is 4.33. The first-order chi connectivity index (χ1) is 6.16. The van der Waals surface area contributed by atoms with Crippen LogP contribution in [0.3, 0.4) is 0 Å². The van der Waals surface area contributed by atoms with Crippen LogP contribution in [0.5, 0.6) is 0 Å². The van der Waals surface area contributed by atoms with Crippen molar-refractivity contribution in [2.75, 3.05) is 0 Å². The standard InChI is InChI=1S/C12H22O/c1-3-4-5-6-8-12(13)9-7-11(2)10-12/h7,13H,3-6,8-10H2,1-2H3. The predicted molar refractivity (Wildman–Crippen MR) is 56.7 cm³/mol. The first-order valence-corrected chi connectivity index (χ1v) is 5.54. The van der Waals surface area contributed by atoms with Gasteiger partial charge in [0.05, 0.1) is 5.60 Å². The van der Waals surface area contributed by atoms with E-state index in [2.05, 4.69) is 19.9 Å². The molecule has 1 atom stereocenters. The Labute approximate surface area is 81.9 Å². The second-order valence-corrected chi connectivity index (χ2v) is 4.47. The maximum atomic E-state index is 10.1. The first kappa shape index (κ1) is 10.8. The minimum absolute atomic E-state index is 0.377. The molecule has 1 rings (SSSR count).